The van der Waals surface area contributed by atoms with Gasteiger partial charge >= 0.3 is 0 Å². The topological polar surface area (TPSA) is 96.8 Å². The molecule has 1 aromatic carbocycles. The molecule has 1 N–H and O–H groups in total. The van der Waals surface area contributed by atoms with Crippen molar-refractivity contribution in [2.75, 3.05) is 13.1 Å². The van der Waals surface area contributed by atoms with E-state index in [0.29, 0.717) is 24.6 Å². The van der Waals surface area contributed by atoms with Gasteiger partial charge in [-0.05, 0) is 43.4 Å². The monoisotopic (exact) mass is 426 g/mol. The number of nitrogens with zero attached hydrogens (tertiary/aromatic N) is 5. The molecule has 3 aromatic rings. The maximum Gasteiger partial charge on any atom is 0.281 e. The van der Waals surface area contributed by atoms with Crippen LogP contribution >= 0.6 is 0 Å². The van der Waals surface area contributed by atoms with Gasteiger partial charge in [0, 0.05) is 24.9 Å². The van der Waals surface area contributed by atoms with Gasteiger partial charge in [0.05, 0.1) is 6.54 Å². The Hall–Kier alpha value is -3.10. The highest BCUT2D eigenvalue weighted by Crippen LogP contribution is 2.26. The fourth-order valence-electron chi connectivity index (χ4n) is 4.24. The number of hydrogen-bond acceptors (Lipinski definition) is 5. The summed E-state index contributed by atoms with van der Waals surface area (Å²) in [7, 11) is 0. The van der Waals surface area contributed by atoms with Crippen molar-refractivity contribution in [3.8, 4) is 0 Å². The number of halogens is 1. The number of amides is 1. The number of likely N-dealkylation sites (tertiary alicyclic amines) is 1. The van der Waals surface area contributed by atoms with Gasteiger partial charge in [0.25, 0.3) is 5.56 Å². The van der Waals surface area contributed by atoms with Crippen LogP contribution in [-0.2, 0) is 11.3 Å². The standard InChI is InChI=1S/C22H27FN6O2/c1-3-15(4-2)22(31)28-11-5-6-16(13-28)19-24-20-18(21(30)25-19)26-27-29(20)12-14-7-9-17(23)10-8-14/h7-10,15-16H,3-6,11-13H2,1-2H3,(H,24,25,30). The minimum absolute atomic E-state index is 0.0366. The van der Waals surface area contributed by atoms with Crippen LogP contribution in [-0.4, -0.2) is 48.9 Å². The van der Waals surface area contributed by atoms with Crippen LogP contribution in [0.4, 0.5) is 4.39 Å². The third kappa shape index (κ3) is 4.35. The molecule has 1 amide bonds. The molecule has 0 spiro atoms. The van der Waals surface area contributed by atoms with E-state index in [2.05, 4.69) is 20.3 Å². The molecule has 1 aliphatic heterocycles. The van der Waals surface area contributed by atoms with E-state index in [-0.39, 0.29) is 34.6 Å². The van der Waals surface area contributed by atoms with Gasteiger partial charge in [-0.3, -0.25) is 9.59 Å². The summed E-state index contributed by atoms with van der Waals surface area (Å²) in [6, 6.07) is 6.10. The minimum Gasteiger partial charge on any atom is -0.342 e. The number of aromatic nitrogens is 5. The minimum atomic E-state index is -0.339. The molecule has 0 saturated carbocycles. The van der Waals surface area contributed by atoms with Gasteiger partial charge in [0.15, 0.2) is 11.2 Å². The second-order valence-corrected chi connectivity index (χ2v) is 8.13. The molecule has 0 radical (unpaired) electrons. The lowest BCUT2D eigenvalue weighted by Crippen LogP contribution is -2.42. The zero-order valence-corrected chi connectivity index (χ0v) is 17.8. The van der Waals surface area contributed by atoms with Crippen LogP contribution < -0.4 is 5.56 Å². The molecule has 4 rings (SSSR count). The number of hydrogen-bond donors (Lipinski definition) is 1. The van der Waals surface area contributed by atoms with Crippen LogP contribution in [0.2, 0.25) is 0 Å². The molecular formula is C22H27FN6O2. The third-order valence-electron chi connectivity index (χ3n) is 6.09. The SMILES string of the molecule is CCC(CC)C(=O)N1CCCC(c2nc3c(nnn3Cc3ccc(F)cc3)c(=O)[nH]2)C1. The lowest BCUT2D eigenvalue weighted by molar-refractivity contribution is -0.137. The molecule has 1 atom stereocenters. The zero-order chi connectivity index (χ0) is 22.0. The van der Waals surface area contributed by atoms with Gasteiger partial charge in [-0.2, -0.15) is 0 Å². The normalized spacial score (nSPS) is 16.9. The first-order chi connectivity index (χ1) is 15.0. The van der Waals surface area contributed by atoms with Gasteiger partial charge in [0.2, 0.25) is 5.91 Å². The van der Waals surface area contributed by atoms with Gasteiger partial charge < -0.3 is 9.88 Å². The molecule has 9 heteroatoms. The maximum atomic E-state index is 13.2. The van der Waals surface area contributed by atoms with Crippen molar-refractivity contribution >= 4 is 17.1 Å². The van der Waals surface area contributed by atoms with E-state index >= 15 is 0 Å². The molecule has 1 unspecified atom stereocenters. The van der Waals surface area contributed by atoms with E-state index in [1.807, 2.05) is 18.7 Å². The highest BCUT2D eigenvalue weighted by Gasteiger charge is 2.29. The van der Waals surface area contributed by atoms with Gasteiger partial charge in [0.1, 0.15) is 11.6 Å². The summed E-state index contributed by atoms with van der Waals surface area (Å²) in [5.74, 6) is 0.421. The number of H-pyrrole nitrogens is 1. The van der Waals surface area contributed by atoms with Gasteiger partial charge in [-0.15, -0.1) is 5.10 Å². The molecule has 31 heavy (non-hydrogen) atoms. The number of nitrogens with one attached hydrogen (secondary N) is 1. The summed E-state index contributed by atoms with van der Waals surface area (Å²) in [5.41, 5.74) is 1.06. The predicted octanol–water partition coefficient (Wildman–Crippen LogP) is 2.84. The Morgan fingerprint density at radius 3 is 2.71 bits per heavy atom. The Morgan fingerprint density at radius 1 is 1.26 bits per heavy atom. The molecule has 1 aliphatic rings. The van der Waals surface area contributed by atoms with Crippen molar-refractivity contribution in [2.24, 2.45) is 5.92 Å². The molecule has 1 fully saturated rings. The Balaban J connectivity index is 1.61. The van der Waals surface area contributed by atoms with Crippen LogP contribution in [0.25, 0.3) is 11.2 Å². The summed E-state index contributed by atoms with van der Waals surface area (Å²) >= 11 is 0. The predicted molar refractivity (Wildman–Crippen MR) is 114 cm³/mol. The molecular weight excluding hydrogens is 399 g/mol. The van der Waals surface area contributed by atoms with Gasteiger partial charge in [-0.1, -0.05) is 31.2 Å². The lowest BCUT2D eigenvalue weighted by Gasteiger charge is -2.34. The van der Waals surface area contributed by atoms with Crippen LogP contribution in [0.5, 0.6) is 0 Å². The van der Waals surface area contributed by atoms with Crippen molar-refractivity contribution < 1.29 is 9.18 Å². The highest BCUT2D eigenvalue weighted by molar-refractivity contribution is 5.79. The smallest absolute Gasteiger partial charge is 0.281 e. The summed E-state index contributed by atoms with van der Waals surface area (Å²) in [6.45, 7) is 5.69. The maximum absolute atomic E-state index is 13.2. The largest absolute Gasteiger partial charge is 0.342 e. The summed E-state index contributed by atoms with van der Waals surface area (Å²) in [4.78, 5) is 34.9. The van der Waals surface area contributed by atoms with Crippen molar-refractivity contribution in [2.45, 2.75) is 52.0 Å². The first-order valence-electron chi connectivity index (χ1n) is 10.9. The van der Waals surface area contributed by atoms with E-state index in [9.17, 15) is 14.0 Å². The third-order valence-corrected chi connectivity index (χ3v) is 6.09. The Morgan fingerprint density at radius 2 is 2.00 bits per heavy atom. The van der Waals surface area contributed by atoms with Crippen molar-refractivity contribution in [3.63, 3.8) is 0 Å². The van der Waals surface area contributed by atoms with E-state index in [4.69, 9.17) is 0 Å². The number of benzene rings is 1. The molecule has 164 valence electrons. The summed E-state index contributed by atoms with van der Waals surface area (Å²) < 4.78 is 14.7. The van der Waals surface area contributed by atoms with E-state index in [1.54, 1.807) is 16.8 Å². The van der Waals surface area contributed by atoms with Crippen LogP contribution in [0.3, 0.4) is 0 Å². The molecule has 0 aliphatic carbocycles. The van der Waals surface area contributed by atoms with E-state index in [0.717, 1.165) is 37.8 Å². The number of fused-ring (bicyclic) bond motifs is 1. The zero-order valence-electron chi connectivity index (χ0n) is 17.8. The van der Waals surface area contributed by atoms with Gasteiger partial charge in [-0.25, -0.2) is 14.1 Å². The molecule has 1 saturated heterocycles. The summed E-state index contributed by atoms with van der Waals surface area (Å²) in [6.07, 6.45) is 3.36. The first kappa shape index (κ1) is 21.1. The Kier molecular flexibility index (Phi) is 6.11. The number of carbonyl (C=O) groups excluding carboxylic acids is 1. The Bertz CT molecular complexity index is 1120. The second kappa shape index (κ2) is 8.95. The number of piperidine rings is 1. The van der Waals surface area contributed by atoms with Crippen LogP contribution in [0, 0.1) is 11.7 Å². The average Bonchev–Trinajstić information content (AvgIpc) is 3.19. The van der Waals surface area contributed by atoms with Crippen LogP contribution in [0.15, 0.2) is 29.1 Å². The van der Waals surface area contributed by atoms with Crippen molar-refractivity contribution in [1.29, 1.82) is 0 Å². The number of aromatic amines is 1. The summed E-state index contributed by atoms with van der Waals surface area (Å²) in [5, 5.41) is 8.05. The van der Waals surface area contributed by atoms with Crippen molar-refractivity contribution in [3.05, 3.63) is 51.8 Å². The molecule has 8 nitrogen and oxygen atoms in total. The van der Waals surface area contributed by atoms with E-state index in [1.165, 1.54) is 12.1 Å². The number of rotatable bonds is 6. The van der Waals surface area contributed by atoms with Crippen molar-refractivity contribution in [1.82, 2.24) is 29.9 Å². The lowest BCUT2D eigenvalue weighted by atomic mass is 9.94. The highest BCUT2D eigenvalue weighted by atomic mass is 19.1. The molecule has 3 heterocycles. The molecule has 2 aromatic heterocycles. The number of carbonyl (C=O) groups is 1. The molecule has 0 bridgehead atoms. The quantitative estimate of drug-likeness (QED) is 0.654. The Labute approximate surface area is 179 Å². The average molecular weight is 426 g/mol. The van der Waals surface area contributed by atoms with Crippen LogP contribution in [0.1, 0.15) is 56.8 Å². The fourth-order valence-corrected chi connectivity index (χ4v) is 4.24. The first-order valence-corrected chi connectivity index (χ1v) is 10.9. The fraction of sp³-hybridized carbons (Fsp3) is 0.500. The second-order valence-electron chi connectivity index (χ2n) is 8.13. The van der Waals surface area contributed by atoms with E-state index < -0.39 is 0 Å².